The standard InChI is InChI=1S/C23H25ClN4O4S/c1-15(16-8-9-19-20(12-16)32-14-31-19)25-21(29)13-33-23-27-26-22(28(23)10-5-11-30-2)17-6-3-4-7-18(17)24/h3-4,6-9,12,15H,5,10-11,13-14H2,1-2H3,(H,25,29). The third-order valence-electron chi connectivity index (χ3n) is 5.17. The highest BCUT2D eigenvalue weighted by Crippen LogP contribution is 2.34. The number of nitrogens with one attached hydrogen (secondary N) is 1. The van der Waals surface area contributed by atoms with Crippen LogP contribution >= 0.6 is 23.4 Å². The Morgan fingerprint density at radius 1 is 1.24 bits per heavy atom. The number of nitrogens with zero attached hydrogens (tertiary/aromatic N) is 3. The highest BCUT2D eigenvalue weighted by Gasteiger charge is 2.19. The molecule has 2 aromatic carbocycles. The van der Waals surface area contributed by atoms with E-state index in [1.807, 2.05) is 54.0 Å². The van der Waals surface area contributed by atoms with Crippen LogP contribution in [0, 0.1) is 0 Å². The van der Waals surface area contributed by atoms with Crippen molar-refractivity contribution in [1.29, 1.82) is 0 Å². The van der Waals surface area contributed by atoms with Gasteiger partial charge in [-0.3, -0.25) is 4.79 Å². The van der Waals surface area contributed by atoms with Crippen molar-refractivity contribution in [1.82, 2.24) is 20.1 Å². The molecular formula is C23H25ClN4O4S. The quantitative estimate of drug-likeness (QED) is 0.335. The molecule has 1 aliphatic heterocycles. The molecule has 33 heavy (non-hydrogen) atoms. The number of rotatable bonds is 10. The molecule has 3 aromatic rings. The van der Waals surface area contributed by atoms with Crippen molar-refractivity contribution in [2.45, 2.75) is 31.1 Å². The molecule has 8 nitrogen and oxygen atoms in total. The van der Waals surface area contributed by atoms with Gasteiger partial charge in [0.25, 0.3) is 0 Å². The summed E-state index contributed by atoms with van der Waals surface area (Å²) in [6.07, 6.45) is 0.785. The number of fused-ring (bicyclic) bond motifs is 1. The minimum Gasteiger partial charge on any atom is -0.454 e. The minimum absolute atomic E-state index is 0.101. The highest BCUT2D eigenvalue weighted by molar-refractivity contribution is 7.99. The molecule has 1 unspecified atom stereocenters. The second-order valence-electron chi connectivity index (χ2n) is 7.47. The molecule has 1 N–H and O–H groups in total. The van der Waals surface area contributed by atoms with Crippen molar-refractivity contribution in [2.24, 2.45) is 0 Å². The fourth-order valence-corrected chi connectivity index (χ4v) is 4.48. The Balaban J connectivity index is 1.42. The van der Waals surface area contributed by atoms with Crippen molar-refractivity contribution in [2.75, 3.05) is 26.3 Å². The van der Waals surface area contributed by atoms with Crippen LogP contribution < -0.4 is 14.8 Å². The highest BCUT2D eigenvalue weighted by atomic mass is 35.5. The summed E-state index contributed by atoms with van der Waals surface area (Å²) in [4.78, 5) is 12.6. The number of amides is 1. The Morgan fingerprint density at radius 2 is 2.06 bits per heavy atom. The van der Waals surface area contributed by atoms with Gasteiger partial charge >= 0.3 is 0 Å². The number of methoxy groups -OCH3 is 1. The van der Waals surface area contributed by atoms with Crippen LogP contribution in [-0.2, 0) is 16.1 Å². The van der Waals surface area contributed by atoms with Gasteiger partial charge in [-0.05, 0) is 43.2 Å². The van der Waals surface area contributed by atoms with Crippen LogP contribution in [0.1, 0.15) is 24.9 Å². The van der Waals surface area contributed by atoms with E-state index in [-0.39, 0.29) is 24.5 Å². The Labute approximate surface area is 201 Å². The molecule has 0 aliphatic carbocycles. The predicted octanol–water partition coefficient (Wildman–Crippen LogP) is 4.33. The van der Waals surface area contributed by atoms with Gasteiger partial charge in [0, 0.05) is 25.8 Å². The van der Waals surface area contributed by atoms with Crippen LogP contribution in [0.2, 0.25) is 5.02 Å². The van der Waals surface area contributed by atoms with Crippen molar-refractivity contribution >= 4 is 29.3 Å². The van der Waals surface area contributed by atoms with Gasteiger partial charge in [-0.25, -0.2) is 0 Å². The molecule has 174 valence electrons. The monoisotopic (exact) mass is 488 g/mol. The molecule has 10 heteroatoms. The van der Waals surface area contributed by atoms with Gasteiger partial charge in [-0.1, -0.05) is 41.6 Å². The summed E-state index contributed by atoms with van der Waals surface area (Å²) in [7, 11) is 1.67. The van der Waals surface area contributed by atoms with E-state index in [0.717, 1.165) is 23.3 Å². The van der Waals surface area contributed by atoms with E-state index < -0.39 is 0 Å². The normalized spacial score (nSPS) is 13.2. The van der Waals surface area contributed by atoms with Gasteiger partial charge in [0.2, 0.25) is 12.7 Å². The minimum atomic E-state index is -0.175. The maximum Gasteiger partial charge on any atom is 0.231 e. The first-order chi connectivity index (χ1) is 16.1. The van der Waals surface area contributed by atoms with Crippen molar-refractivity contribution < 1.29 is 19.0 Å². The average molecular weight is 489 g/mol. The molecule has 1 aliphatic rings. The molecule has 4 rings (SSSR count). The number of benzene rings is 2. The van der Waals surface area contributed by atoms with Crippen LogP contribution in [0.4, 0.5) is 0 Å². The largest absolute Gasteiger partial charge is 0.454 e. The summed E-state index contributed by atoms with van der Waals surface area (Å²) < 4.78 is 17.9. The van der Waals surface area contributed by atoms with Crippen LogP contribution in [0.5, 0.6) is 11.5 Å². The van der Waals surface area contributed by atoms with Gasteiger partial charge in [0.15, 0.2) is 22.5 Å². The van der Waals surface area contributed by atoms with E-state index in [1.54, 1.807) is 7.11 Å². The Kier molecular flexibility index (Phi) is 7.74. The molecule has 0 saturated carbocycles. The van der Waals surface area contributed by atoms with Crippen molar-refractivity contribution in [3.8, 4) is 22.9 Å². The fourth-order valence-electron chi connectivity index (χ4n) is 3.48. The second kappa shape index (κ2) is 10.9. The summed E-state index contributed by atoms with van der Waals surface area (Å²) in [5.74, 6) is 2.19. The van der Waals surface area contributed by atoms with E-state index >= 15 is 0 Å². The molecule has 0 fully saturated rings. The maximum absolute atomic E-state index is 12.6. The predicted molar refractivity (Wildman–Crippen MR) is 127 cm³/mol. The number of hydrogen-bond acceptors (Lipinski definition) is 7. The molecule has 2 heterocycles. The zero-order valence-corrected chi connectivity index (χ0v) is 20.0. The first kappa shape index (κ1) is 23.4. The number of thioether (sulfide) groups is 1. The molecule has 0 bridgehead atoms. The lowest BCUT2D eigenvalue weighted by Gasteiger charge is -2.15. The van der Waals surface area contributed by atoms with E-state index in [1.165, 1.54) is 11.8 Å². The zero-order valence-electron chi connectivity index (χ0n) is 18.4. The SMILES string of the molecule is COCCCn1c(SCC(=O)NC(C)c2ccc3c(c2)OCO3)nnc1-c1ccccc1Cl. The zero-order chi connectivity index (χ0) is 23.2. The number of hydrogen-bond donors (Lipinski definition) is 1. The topological polar surface area (TPSA) is 87.5 Å². The molecule has 1 atom stereocenters. The molecule has 0 spiro atoms. The van der Waals surface area contributed by atoms with Crippen LogP contribution in [0.3, 0.4) is 0 Å². The van der Waals surface area contributed by atoms with Crippen molar-refractivity contribution in [3.63, 3.8) is 0 Å². The molecule has 0 radical (unpaired) electrons. The van der Waals surface area contributed by atoms with E-state index in [9.17, 15) is 4.79 Å². The Hall–Kier alpha value is -2.75. The third kappa shape index (κ3) is 5.61. The molecular weight excluding hydrogens is 464 g/mol. The van der Waals surface area contributed by atoms with Gasteiger partial charge in [0.1, 0.15) is 0 Å². The van der Waals surface area contributed by atoms with Gasteiger partial charge in [-0.2, -0.15) is 0 Å². The van der Waals surface area contributed by atoms with Crippen LogP contribution in [0.15, 0.2) is 47.6 Å². The number of ether oxygens (including phenoxy) is 3. The fraction of sp³-hybridized carbons (Fsp3) is 0.348. The lowest BCUT2D eigenvalue weighted by molar-refractivity contribution is -0.119. The summed E-state index contributed by atoms with van der Waals surface area (Å²) in [5, 5.41) is 13.0. The molecule has 0 saturated heterocycles. The number of aromatic nitrogens is 3. The van der Waals surface area contributed by atoms with Gasteiger partial charge in [-0.15, -0.1) is 10.2 Å². The summed E-state index contributed by atoms with van der Waals surface area (Å²) in [5.41, 5.74) is 1.75. The van der Waals surface area contributed by atoms with E-state index in [2.05, 4.69) is 15.5 Å². The number of halogens is 1. The lowest BCUT2D eigenvalue weighted by atomic mass is 10.1. The smallest absolute Gasteiger partial charge is 0.231 e. The van der Waals surface area contributed by atoms with E-state index in [4.69, 9.17) is 25.8 Å². The first-order valence-electron chi connectivity index (χ1n) is 10.6. The molecule has 1 amide bonds. The third-order valence-corrected chi connectivity index (χ3v) is 6.46. The maximum atomic E-state index is 12.6. The van der Waals surface area contributed by atoms with E-state index in [0.29, 0.717) is 34.9 Å². The summed E-state index contributed by atoms with van der Waals surface area (Å²) >= 11 is 7.73. The van der Waals surface area contributed by atoms with Gasteiger partial charge in [0.05, 0.1) is 16.8 Å². The van der Waals surface area contributed by atoms with Crippen molar-refractivity contribution in [3.05, 3.63) is 53.1 Å². The Bertz CT molecular complexity index is 1120. The summed E-state index contributed by atoms with van der Waals surface area (Å²) in [6.45, 7) is 3.41. The second-order valence-corrected chi connectivity index (χ2v) is 8.82. The number of carbonyl (C=O) groups is 1. The van der Waals surface area contributed by atoms with Crippen LogP contribution in [0.25, 0.3) is 11.4 Å². The van der Waals surface area contributed by atoms with Crippen LogP contribution in [-0.4, -0.2) is 46.9 Å². The first-order valence-corrected chi connectivity index (χ1v) is 11.9. The average Bonchev–Trinajstić information content (AvgIpc) is 3.44. The Morgan fingerprint density at radius 3 is 2.88 bits per heavy atom. The van der Waals surface area contributed by atoms with Gasteiger partial charge < -0.3 is 24.1 Å². The number of carbonyl (C=O) groups excluding carboxylic acids is 1. The lowest BCUT2D eigenvalue weighted by Crippen LogP contribution is -2.28. The molecule has 1 aromatic heterocycles. The summed E-state index contributed by atoms with van der Waals surface area (Å²) in [6, 6.07) is 13.0.